The summed E-state index contributed by atoms with van der Waals surface area (Å²) < 4.78 is 16.5. The summed E-state index contributed by atoms with van der Waals surface area (Å²) in [4.78, 5) is 12.5. The summed E-state index contributed by atoms with van der Waals surface area (Å²) in [6.07, 6.45) is 0.479. The highest BCUT2D eigenvalue weighted by atomic mass is 32.2. The van der Waals surface area contributed by atoms with Crippen molar-refractivity contribution in [3.05, 3.63) is 41.1 Å². The van der Waals surface area contributed by atoms with Gasteiger partial charge in [-0.15, -0.1) is 4.36 Å². The van der Waals surface area contributed by atoms with E-state index in [9.17, 15) is 9.00 Å². The maximum Gasteiger partial charge on any atom is 0.271 e. The first-order valence-electron chi connectivity index (χ1n) is 7.27. The molecule has 0 aliphatic carbocycles. The van der Waals surface area contributed by atoms with Gasteiger partial charge in [0.2, 0.25) is 0 Å². The molecule has 2 aromatic rings. The molecular formula is C16H21N3O2S2. The van der Waals surface area contributed by atoms with Crippen LogP contribution in [0.2, 0.25) is 0 Å². The number of amides is 1. The van der Waals surface area contributed by atoms with E-state index in [1.807, 2.05) is 49.6 Å². The van der Waals surface area contributed by atoms with Crippen LogP contribution in [0.4, 0.5) is 0 Å². The summed E-state index contributed by atoms with van der Waals surface area (Å²) in [5.74, 6) is -0.365. The lowest BCUT2D eigenvalue weighted by atomic mass is 10.0. The van der Waals surface area contributed by atoms with E-state index in [1.54, 1.807) is 5.38 Å². The summed E-state index contributed by atoms with van der Waals surface area (Å²) in [7, 11) is -3.32. The highest BCUT2D eigenvalue weighted by Gasteiger charge is 2.20. The zero-order chi connectivity index (χ0) is 17.0. The number of nitrogens with zero attached hydrogens (tertiary/aromatic N) is 1. The Hall–Kier alpha value is -1.54. The molecular weight excluding hydrogens is 330 g/mol. The van der Waals surface area contributed by atoms with Crippen LogP contribution in [0.5, 0.6) is 0 Å². The first-order valence-corrected chi connectivity index (χ1v) is 9.79. The van der Waals surface area contributed by atoms with E-state index < -0.39 is 21.9 Å². The lowest BCUT2D eigenvalue weighted by Crippen LogP contribution is -2.32. The average molecular weight is 351 g/mol. The van der Waals surface area contributed by atoms with Gasteiger partial charge in [-0.05, 0) is 23.3 Å². The zero-order valence-electron chi connectivity index (χ0n) is 13.1. The number of nitrogens with two attached hydrogens (primary N) is 2. The van der Waals surface area contributed by atoms with Crippen LogP contribution in [0.15, 0.2) is 50.4 Å². The molecule has 124 valence electrons. The van der Waals surface area contributed by atoms with Gasteiger partial charge in [-0.2, -0.15) is 11.3 Å². The van der Waals surface area contributed by atoms with Crippen molar-refractivity contribution < 1.29 is 9.00 Å². The Kier molecular flexibility index (Phi) is 5.69. The standard InChI is InChI=1S/C16H21N3O2S2/c1-11(2)8-14(17)16(20)19-23(18,21)15-10-22-9-13(15)12-6-4-3-5-7-12/h3-7,9-11,14H,8,17H2,1-2H3,(H2,18,19,20,21)/t14-,23?/m0/s1. The molecule has 0 saturated heterocycles. The fourth-order valence-corrected chi connectivity index (χ4v) is 4.70. The maximum absolute atomic E-state index is 12.8. The summed E-state index contributed by atoms with van der Waals surface area (Å²) in [6.45, 7) is 3.92. The number of hydrogen-bond acceptors (Lipinski definition) is 4. The molecule has 0 radical (unpaired) electrons. The van der Waals surface area contributed by atoms with Crippen LogP contribution < -0.4 is 10.9 Å². The van der Waals surface area contributed by atoms with Crippen molar-refractivity contribution in [2.75, 3.05) is 0 Å². The van der Waals surface area contributed by atoms with Crippen molar-refractivity contribution in [2.24, 2.45) is 21.2 Å². The van der Waals surface area contributed by atoms with Crippen LogP contribution in [-0.4, -0.2) is 16.2 Å². The molecule has 0 aliphatic heterocycles. The summed E-state index contributed by atoms with van der Waals surface area (Å²) in [6, 6.07) is 8.68. The molecule has 1 heterocycles. The largest absolute Gasteiger partial charge is 0.320 e. The van der Waals surface area contributed by atoms with Crippen molar-refractivity contribution in [2.45, 2.75) is 31.2 Å². The first kappa shape index (κ1) is 17.8. The fourth-order valence-electron chi connectivity index (χ4n) is 2.20. The van der Waals surface area contributed by atoms with Crippen molar-refractivity contribution >= 4 is 27.2 Å². The topological polar surface area (TPSA) is 98.5 Å². The van der Waals surface area contributed by atoms with Gasteiger partial charge in [0, 0.05) is 10.9 Å². The van der Waals surface area contributed by atoms with E-state index in [-0.39, 0.29) is 5.92 Å². The SMILES string of the molecule is CC(C)C[C@H](N)C(=O)N=S(N)(=O)c1cscc1-c1ccccc1. The second-order valence-corrected chi connectivity index (χ2v) is 8.25. The number of thiophene rings is 1. The van der Waals surface area contributed by atoms with Crippen molar-refractivity contribution in [1.82, 2.24) is 0 Å². The minimum absolute atomic E-state index is 0.249. The fraction of sp³-hybridized carbons (Fsp3) is 0.312. The normalized spacial score (nSPS) is 15.2. The first-order chi connectivity index (χ1) is 10.8. The summed E-state index contributed by atoms with van der Waals surface area (Å²) >= 11 is 1.37. The van der Waals surface area contributed by atoms with Crippen molar-refractivity contribution in [3.63, 3.8) is 0 Å². The molecule has 2 rings (SSSR count). The molecule has 7 heteroatoms. The van der Waals surface area contributed by atoms with Gasteiger partial charge in [0.25, 0.3) is 5.91 Å². The summed E-state index contributed by atoms with van der Waals surface area (Å²) in [5.41, 5.74) is 7.42. The Balaban J connectivity index is 2.38. The van der Waals surface area contributed by atoms with Crippen LogP contribution in [0.1, 0.15) is 20.3 Å². The average Bonchev–Trinajstić information content (AvgIpc) is 2.97. The van der Waals surface area contributed by atoms with E-state index in [0.29, 0.717) is 11.3 Å². The molecule has 23 heavy (non-hydrogen) atoms. The maximum atomic E-state index is 12.8. The molecule has 1 aromatic carbocycles. The molecule has 0 fully saturated rings. The Morgan fingerprint density at radius 2 is 1.91 bits per heavy atom. The van der Waals surface area contributed by atoms with E-state index in [4.69, 9.17) is 10.9 Å². The minimum Gasteiger partial charge on any atom is -0.320 e. The zero-order valence-corrected chi connectivity index (χ0v) is 14.8. The highest BCUT2D eigenvalue weighted by molar-refractivity contribution is 7.92. The Morgan fingerprint density at radius 3 is 2.52 bits per heavy atom. The molecule has 1 amide bonds. The van der Waals surface area contributed by atoms with Gasteiger partial charge in [-0.1, -0.05) is 44.2 Å². The van der Waals surface area contributed by atoms with Gasteiger partial charge >= 0.3 is 0 Å². The number of hydrogen-bond donors (Lipinski definition) is 2. The number of carbonyl (C=O) groups is 1. The van der Waals surface area contributed by atoms with E-state index in [1.165, 1.54) is 11.3 Å². The van der Waals surface area contributed by atoms with Gasteiger partial charge in [-0.25, -0.2) is 9.35 Å². The van der Waals surface area contributed by atoms with Gasteiger partial charge in [0.1, 0.15) is 9.92 Å². The lowest BCUT2D eigenvalue weighted by Gasteiger charge is -2.11. The molecule has 5 nitrogen and oxygen atoms in total. The number of carbonyl (C=O) groups excluding carboxylic acids is 1. The second-order valence-electron chi connectivity index (χ2n) is 5.75. The third-order valence-corrected chi connectivity index (χ3v) is 5.61. The second kappa shape index (κ2) is 7.35. The molecule has 0 saturated carbocycles. The molecule has 1 unspecified atom stereocenters. The smallest absolute Gasteiger partial charge is 0.271 e. The Morgan fingerprint density at radius 1 is 1.26 bits per heavy atom. The lowest BCUT2D eigenvalue weighted by molar-refractivity contribution is -0.119. The minimum atomic E-state index is -3.32. The van der Waals surface area contributed by atoms with Gasteiger partial charge in [0.15, 0.2) is 0 Å². The molecule has 4 N–H and O–H groups in total. The predicted molar refractivity (Wildman–Crippen MR) is 95.2 cm³/mol. The third-order valence-electron chi connectivity index (χ3n) is 3.29. The Labute approximate surface area is 141 Å². The van der Waals surface area contributed by atoms with Crippen LogP contribution in [-0.2, 0) is 14.7 Å². The summed E-state index contributed by atoms with van der Waals surface area (Å²) in [5, 5.41) is 9.41. The Bertz CT molecular complexity index is 791. The van der Waals surface area contributed by atoms with Crippen LogP contribution in [0.3, 0.4) is 0 Å². The molecule has 2 atom stereocenters. The molecule has 1 aromatic heterocycles. The van der Waals surface area contributed by atoms with E-state index in [2.05, 4.69) is 4.36 Å². The quantitative estimate of drug-likeness (QED) is 0.866. The molecule has 0 aliphatic rings. The molecule has 0 bridgehead atoms. The predicted octanol–water partition coefficient (Wildman–Crippen LogP) is 3.02. The van der Waals surface area contributed by atoms with Crippen molar-refractivity contribution in [1.29, 1.82) is 0 Å². The van der Waals surface area contributed by atoms with Crippen LogP contribution in [0.25, 0.3) is 11.1 Å². The van der Waals surface area contributed by atoms with Crippen molar-refractivity contribution in [3.8, 4) is 11.1 Å². The monoisotopic (exact) mass is 351 g/mol. The van der Waals surface area contributed by atoms with Gasteiger partial charge in [0.05, 0.1) is 10.9 Å². The van der Waals surface area contributed by atoms with Crippen LogP contribution in [0, 0.1) is 5.92 Å². The van der Waals surface area contributed by atoms with Crippen LogP contribution >= 0.6 is 11.3 Å². The van der Waals surface area contributed by atoms with E-state index >= 15 is 0 Å². The number of benzene rings is 1. The third kappa shape index (κ3) is 4.48. The van der Waals surface area contributed by atoms with Gasteiger partial charge < -0.3 is 5.73 Å². The van der Waals surface area contributed by atoms with Gasteiger partial charge in [-0.3, -0.25) is 4.79 Å². The number of rotatable bonds is 5. The highest BCUT2D eigenvalue weighted by Crippen LogP contribution is 2.30. The molecule has 0 spiro atoms. The van der Waals surface area contributed by atoms with E-state index in [0.717, 1.165) is 11.1 Å².